The molecule has 2 amide bonds. The quantitative estimate of drug-likeness (QED) is 0.556. The van der Waals surface area contributed by atoms with Crippen LogP contribution in [0.5, 0.6) is 0 Å². The largest absolute Gasteiger partial charge is 0.416 e. The molecule has 2 aliphatic rings. The van der Waals surface area contributed by atoms with Crippen molar-refractivity contribution in [2.24, 2.45) is 0 Å². The number of nitrogens with zero attached hydrogens (tertiary/aromatic N) is 1. The van der Waals surface area contributed by atoms with Crippen molar-refractivity contribution < 1.29 is 36.0 Å². The minimum atomic E-state index is -4.45. The van der Waals surface area contributed by atoms with Crippen LogP contribution in [0, 0.1) is 0 Å². The molecule has 2 aromatic carbocycles. The highest BCUT2D eigenvalue weighted by Gasteiger charge is 2.40. The summed E-state index contributed by atoms with van der Waals surface area (Å²) in [5.74, 6) is 0. The Morgan fingerprint density at radius 2 is 1.39 bits per heavy atom. The van der Waals surface area contributed by atoms with Gasteiger partial charge in [0, 0.05) is 31.6 Å². The molecule has 2 aromatic rings. The molecule has 4 rings (SSSR count). The van der Waals surface area contributed by atoms with Gasteiger partial charge in [0.2, 0.25) is 0 Å². The Bertz CT molecular complexity index is 1040. The first-order chi connectivity index (χ1) is 15.5. The van der Waals surface area contributed by atoms with Crippen LogP contribution in [0.3, 0.4) is 0 Å². The number of halogens is 6. The molecule has 2 N–H and O–H groups in total. The lowest BCUT2D eigenvalue weighted by molar-refractivity contribution is -0.138. The van der Waals surface area contributed by atoms with Crippen molar-refractivity contribution in [3.05, 3.63) is 71.3 Å². The number of amides is 2. The molecule has 0 bridgehead atoms. The third-order valence-electron chi connectivity index (χ3n) is 5.66. The number of urea groups is 1. The summed E-state index contributed by atoms with van der Waals surface area (Å²) in [4.78, 5) is 19.7. The van der Waals surface area contributed by atoms with Crippen LogP contribution in [0.15, 0.2) is 54.6 Å². The van der Waals surface area contributed by atoms with Crippen molar-refractivity contribution in [1.29, 1.82) is 0 Å². The van der Waals surface area contributed by atoms with Crippen LogP contribution < -0.4 is 10.8 Å². The summed E-state index contributed by atoms with van der Waals surface area (Å²) in [6.45, 7) is 0.649. The van der Waals surface area contributed by atoms with Gasteiger partial charge in [-0.25, -0.2) is 4.79 Å². The fourth-order valence-electron chi connectivity index (χ4n) is 3.74. The van der Waals surface area contributed by atoms with E-state index in [4.69, 9.17) is 4.84 Å². The zero-order chi connectivity index (χ0) is 23.9. The molecule has 0 aliphatic carbocycles. The lowest BCUT2D eigenvalue weighted by atomic mass is 9.90. The maximum Gasteiger partial charge on any atom is 0.416 e. The van der Waals surface area contributed by atoms with E-state index in [2.05, 4.69) is 10.8 Å². The van der Waals surface area contributed by atoms with Gasteiger partial charge in [-0.3, -0.25) is 10.3 Å². The third-order valence-corrected chi connectivity index (χ3v) is 5.66. The van der Waals surface area contributed by atoms with Crippen LogP contribution in [0.1, 0.15) is 29.5 Å². The van der Waals surface area contributed by atoms with Gasteiger partial charge >= 0.3 is 18.4 Å². The molecule has 0 atom stereocenters. The van der Waals surface area contributed by atoms with Gasteiger partial charge < -0.3 is 10.2 Å². The molecule has 1 spiro atoms. The van der Waals surface area contributed by atoms with Gasteiger partial charge in [-0.2, -0.15) is 26.3 Å². The van der Waals surface area contributed by atoms with Crippen molar-refractivity contribution in [3.8, 4) is 0 Å². The lowest BCUT2D eigenvalue weighted by Gasteiger charge is -2.36. The second-order valence-electron chi connectivity index (χ2n) is 7.89. The van der Waals surface area contributed by atoms with Crippen LogP contribution in [-0.2, 0) is 17.2 Å². The number of nitrogens with one attached hydrogen (secondary N) is 2. The van der Waals surface area contributed by atoms with Gasteiger partial charge in [-0.15, -0.1) is 0 Å². The van der Waals surface area contributed by atoms with Crippen LogP contribution in [0.2, 0.25) is 0 Å². The maximum absolute atomic E-state index is 12.7. The Morgan fingerprint density at radius 3 is 1.91 bits per heavy atom. The van der Waals surface area contributed by atoms with E-state index in [9.17, 15) is 31.1 Å². The fourth-order valence-corrected chi connectivity index (χ4v) is 3.74. The normalized spacial score (nSPS) is 18.1. The van der Waals surface area contributed by atoms with Crippen molar-refractivity contribution >= 4 is 17.4 Å². The van der Waals surface area contributed by atoms with Crippen LogP contribution in [0.4, 0.5) is 36.8 Å². The summed E-state index contributed by atoms with van der Waals surface area (Å²) in [6, 6.07) is 8.44. The van der Waals surface area contributed by atoms with E-state index in [0.29, 0.717) is 37.2 Å². The number of carbonyl (C=O) groups is 1. The molecule has 0 unspecified atom stereocenters. The highest BCUT2D eigenvalue weighted by atomic mass is 19.4. The van der Waals surface area contributed by atoms with E-state index in [1.807, 2.05) is 0 Å². The number of hydroxylamine groups is 1. The van der Waals surface area contributed by atoms with Crippen molar-refractivity contribution in [2.45, 2.75) is 30.8 Å². The van der Waals surface area contributed by atoms with Crippen molar-refractivity contribution in [2.75, 3.05) is 18.4 Å². The smallest absolute Gasteiger partial charge is 0.324 e. The predicted octanol–water partition coefficient (Wildman–Crippen LogP) is 5.67. The Morgan fingerprint density at radius 1 is 0.879 bits per heavy atom. The first-order valence-electron chi connectivity index (χ1n) is 10.0. The predicted molar refractivity (Wildman–Crippen MR) is 108 cm³/mol. The fraction of sp³-hybridized carbons (Fsp3) is 0.318. The first-order valence-corrected chi connectivity index (χ1v) is 10.0. The summed E-state index contributed by atoms with van der Waals surface area (Å²) in [6.07, 6.45) is -6.19. The minimum absolute atomic E-state index is 0.247. The average molecular weight is 471 g/mol. The summed E-state index contributed by atoms with van der Waals surface area (Å²) in [5, 5.41) is 2.58. The number of hydrogen-bond acceptors (Lipinski definition) is 3. The molecular formula is C22H19F6N3O2. The summed E-state index contributed by atoms with van der Waals surface area (Å²) >= 11 is 0. The molecule has 2 heterocycles. The van der Waals surface area contributed by atoms with E-state index in [-0.39, 0.29) is 5.69 Å². The summed E-state index contributed by atoms with van der Waals surface area (Å²) < 4.78 is 76.2. The number of alkyl halides is 6. The molecule has 0 saturated carbocycles. The molecule has 5 nitrogen and oxygen atoms in total. The van der Waals surface area contributed by atoms with Crippen LogP contribution in [-0.4, -0.2) is 29.6 Å². The molecule has 1 fully saturated rings. The maximum atomic E-state index is 12.7. The molecule has 0 radical (unpaired) electrons. The first kappa shape index (κ1) is 23.0. The summed E-state index contributed by atoms with van der Waals surface area (Å²) in [7, 11) is 0. The van der Waals surface area contributed by atoms with Gasteiger partial charge in [0.05, 0.1) is 16.8 Å². The van der Waals surface area contributed by atoms with Gasteiger partial charge in [0.15, 0.2) is 0 Å². The zero-order valence-electron chi connectivity index (χ0n) is 17.1. The highest BCUT2D eigenvalue weighted by molar-refractivity contribution is 5.89. The number of likely N-dealkylation sites (tertiary alicyclic amines) is 1. The Hall–Kier alpha value is -3.21. The number of piperidine rings is 1. The van der Waals surface area contributed by atoms with Gasteiger partial charge in [-0.05, 0) is 48.0 Å². The van der Waals surface area contributed by atoms with E-state index < -0.39 is 35.1 Å². The molecule has 2 aliphatic heterocycles. The van der Waals surface area contributed by atoms with Crippen molar-refractivity contribution in [3.63, 3.8) is 0 Å². The van der Waals surface area contributed by atoms with Gasteiger partial charge in [-0.1, -0.05) is 12.1 Å². The van der Waals surface area contributed by atoms with Gasteiger partial charge in [0.1, 0.15) is 5.60 Å². The topological polar surface area (TPSA) is 53.6 Å². The number of carbonyl (C=O) groups excluding carboxylic acids is 1. The molecule has 33 heavy (non-hydrogen) atoms. The number of anilines is 1. The zero-order valence-corrected chi connectivity index (χ0v) is 17.1. The van der Waals surface area contributed by atoms with Gasteiger partial charge in [0.25, 0.3) is 0 Å². The standard InChI is InChI=1S/C22H19F6N3O2/c23-21(24,25)15-3-1-14(2-4-15)18-13-20(33-30-18)9-11-31(12-10-20)19(32)29-17-7-5-16(6-8-17)22(26,27)28/h1-8,13,30H,9-12H2,(H,29,32). The van der Waals surface area contributed by atoms with Crippen LogP contribution in [0.25, 0.3) is 5.70 Å². The van der Waals surface area contributed by atoms with E-state index >= 15 is 0 Å². The van der Waals surface area contributed by atoms with Crippen molar-refractivity contribution in [1.82, 2.24) is 10.4 Å². The highest BCUT2D eigenvalue weighted by Crippen LogP contribution is 2.36. The molecule has 176 valence electrons. The lowest BCUT2D eigenvalue weighted by Crippen LogP contribution is -2.48. The number of rotatable bonds is 2. The molecule has 11 heteroatoms. The summed E-state index contributed by atoms with van der Waals surface area (Å²) in [5.41, 5.74) is 1.85. The number of benzene rings is 2. The average Bonchev–Trinajstić information content (AvgIpc) is 3.17. The van der Waals surface area contributed by atoms with E-state index in [0.717, 1.165) is 24.3 Å². The second kappa shape index (κ2) is 8.29. The minimum Gasteiger partial charge on any atom is -0.324 e. The Balaban J connectivity index is 1.35. The van der Waals surface area contributed by atoms with E-state index in [1.165, 1.54) is 29.2 Å². The molecular weight excluding hydrogens is 452 g/mol. The number of hydrogen-bond donors (Lipinski definition) is 2. The van der Waals surface area contributed by atoms with Crippen LogP contribution >= 0.6 is 0 Å². The molecule has 0 aromatic heterocycles. The third kappa shape index (κ3) is 5.08. The Labute approximate surface area is 185 Å². The SMILES string of the molecule is O=C(Nc1ccc(C(F)(F)F)cc1)N1CCC2(C=C(c3ccc(C(F)(F)F)cc3)NO2)CC1. The monoisotopic (exact) mass is 471 g/mol. The van der Waals surface area contributed by atoms with E-state index in [1.54, 1.807) is 6.08 Å². The Kier molecular flexibility index (Phi) is 5.77. The second-order valence-corrected chi connectivity index (χ2v) is 7.89. The molecule has 1 saturated heterocycles.